The van der Waals surface area contributed by atoms with Gasteiger partial charge in [-0.15, -0.1) is 0 Å². The summed E-state index contributed by atoms with van der Waals surface area (Å²) in [5.41, 5.74) is 3.48. The number of nitrogens with one attached hydrogen (secondary N) is 2. The van der Waals surface area contributed by atoms with Gasteiger partial charge in [0.25, 0.3) is 5.91 Å². The molecule has 0 unspecified atom stereocenters. The average molecular weight is 494 g/mol. The molecule has 2 N–H and O–H groups in total. The Morgan fingerprint density at radius 1 is 0.875 bits per heavy atom. The molecule has 2 amide bonds. The van der Waals surface area contributed by atoms with E-state index in [0.717, 1.165) is 29.5 Å². The van der Waals surface area contributed by atoms with Gasteiger partial charge in [-0.05, 0) is 67.5 Å². The number of halogens is 1. The summed E-state index contributed by atoms with van der Waals surface area (Å²) in [6, 6.07) is 24.9. The number of amides is 2. The van der Waals surface area contributed by atoms with Crippen molar-refractivity contribution in [1.82, 2.24) is 10.2 Å². The van der Waals surface area contributed by atoms with E-state index in [1.165, 1.54) is 5.56 Å². The van der Waals surface area contributed by atoms with E-state index in [4.69, 9.17) is 0 Å². The van der Waals surface area contributed by atoms with E-state index in [1.807, 2.05) is 54.6 Å². The lowest BCUT2D eigenvalue weighted by atomic mass is 10.1. The predicted molar refractivity (Wildman–Crippen MR) is 133 cm³/mol. The van der Waals surface area contributed by atoms with Gasteiger partial charge in [-0.2, -0.15) is 0 Å². The van der Waals surface area contributed by atoms with Crippen molar-refractivity contribution in [3.8, 4) is 0 Å². The number of carbonyl (C=O) groups is 2. The van der Waals surface area contributed by atoms with Crippen LogP contribution in [0, 0.1) is 0 Å². The van der Waals surface area contributed by atoms with Gasteiger partial charge in [-0.1, -0.05) is 58.4 Å². The lowest BCUT2D eigenvalue weighted by Crippen LogP contribution is -2.29. The van der Waals surface area contributed by atoms with E-state index in [9.17, 15) is 9.59 Å². The van der Waals surface area contributed by atoms with Crippen molar-refractivity contribution < 1.29 is 9.59 Å². The highest BCUT2D eigenvalue weighted by atomic mass is 79.9. The zero-order chi connectivity index (χ0) is 22.8. The summed E-state index contributed by atoms with van der Waals surface area (Å²) >= 11 is 3.36. The molecule has 6 heteroatoms. The Morgan fingerprint density at radius 3 is 2.25 bits per heavy atom. The van der Waals surface area contributed by atoms with Crippen molar-refractivity contribution in [2.75, 3.05) is 25.5 Å². The molecule has 5 nitrogen and oxygen atoms in total. The van der Waals surface area contributed by atoms with Crippen molar-refractivity contribution in [2.24, 2.45) is 0 Å². The second-order valence-electron chi connectivity index (χ2n) is 7.76. The molecule has 3 aromatic carbocycles. The summed E-state index contributed by atoms with van der Waals surface area (Å²) in [7, 11) is 2.09. The van der Waals surface area contributed by atoms with E-state index < -0.39 is 0 Å². The predicted octanol–water partition coefficient (Wildman–Crippen LogP) is 4.88. The molecule has 0 fully saturated rings. The molecule has 0 saturated heterocycles. The molecule has 0 aliphatic rings. The summed E-state index contributed by atoms with van der Waals surface area (Å²) in [4.78, 5) is 26.8. The van der Waals surface area contributed by atoms with Gasteiger partial charge in [0.2, 0.25) is 5.91 Å². The highest BCUT2D eigenvalue weighted by molar-refractivity contribution is 9.10. The molecule has 0 atom stereocenters. The molecule has 0 radical (unpaired) electrons. The highest BCUT2D eigenvalue weighted by Crippen LogP contribution is 2.14. The molecular formula is C26H28BrN3O2. The number of rotatable bonds is 10. The lowest BCUT2D eigenvalue weighted by molar-refractivity contribution is -0.120. The first-order valence-electron chi connectivity index (χ1n) is 10.6. The molecule has 3 aromatic rings. The fourth-order valence-electron chi connectivity index (χ4n) is 3.31. The minimum absolute atomic E-state index is 0.00219. The molecule has 0 saturated carbocycles. The SMILES string of the molecule is CN(CCCNC(=O)Cc1ccc(NC(=O)c2ccc(Br)cc2)cc1)Cc1ccccc1. The quantitative estimate of drug-likeness (QED) is 0.395. The first-order chi connectivity index (χ1) is 15.5. The van der Waals surface area contributed by atoms with E-state index in [2.05, 4.69) is 50.6 Å². The minimum atomic E-state index is -0.166. The average Bonchev–Trinajstić information content (AvgIpc) is 2.79. The molecule has 0 aliphatic carbocycles. The fraction of sp³-hybridized carbons (Fsp3) is 0.231. The fourth-order valence-corrected chi connectivity index (χ4v) is 3.57. The standard InChI is InChI=1S/C26H28BrN3O2/c1-30(19-21-6-3-2-4-7-21)17-5-16-28-25(31)18-20-8-14-24(15-9-20)29-26(32)22-10-12-23(27)13-11-22/h2-4,6-15H,5,16-19H2,1H3,(H,28,31)(H,29,32). The summed E-state index contributed by atoms with van der Waals surface area (Å²) < 4.78 is 0.927. The van der Waals surface area contributed by atoms with Crippen molar-refractivity contribution in [2.45, 2.75) is 19.4 Å². The Labute approximate surface area is 198 Å². The van der Waals surface area contributed by atoms with Gasteiger partial charge in [0.1, 0.15) is 0 Å². The molecule has 32 heavy (non-hydrogen) atoms. The lowest BCUT2D eigenvalue weighted by Gasteiger charge is -2.16. The zero-order valence-electron chi connectivity index (χ0n) is 18.2. The maximum absolute atomic E-state index is 12.3. The molecule has 3 rings (SSSR count). The molecule has 0 spiro atoms. The van der Waals surface area contributed by atoms with E-state index in [1.54, 1.807) is 12.1 Å². The van der Waals surface area contributed by atoms with Crippen LogP contribution in [0.1, 0.15) is 27.9 Å². The minimum Gasteiger partial charge on any atom is -0.356 e. The van der Waals surface area contributed by atoms with Crippen LogP contribution in [0.15, 0.2) is 83.3 Å². The van der Waals surface area contributed by atoms with Crippen LogP contribution in [-0.4, -0.2) is 36.9 Å². The van der Waals surface area contributed by atoms with Crippen LogP contribution in [0.25, 0.3) is 0 Å². The summed E-state index contributed by atoms with van der Waals surface area (Å²) in [6.45, 7) is 2.47. The molecular weight excluding hydrogens is 466 g/mol. The normalized spacial score (nSPS) is 10.7. The third-order valence-electron chi connectivity index (χ3n) is 5.02. The zero-order valence-corrected chi connectivity index (χ0v) is 19.8. The van der Waals surface area contributed by atoms with Gasteiger partial charge in [0, 0.05) is 28.8 Å². The van der Waals surface area contributed by atoms with E-state index in [-0.39, 0.29) is 11.8 Å². The highest BCUT2D eigenvalue weighted by Gasteiger charge is 2.07. The van der Waals surface area contributed by atoms with Crippen LogP contribution in [-0.2, 0) is 17.8 Å². The maximum atomic E-state index is 12.3. The molecule has 0 bridgehead atoms. The third kappa shape index (κ3) is 7.94. The van der Waals surface area contributed by atoms with Crippen LogP contribution >= 0.6 is 15.9 Å². The van der Waals surface area contributed by atoms with E-state index in [0.29, 0.717) is 24.2 Å². The monoisotopic (exact) mass is 493 g/mol. The van der Waals surface area contributed by atoms with Gasteiger partial charge >= 0.3 is 0 Å². The van der Waals surface area contributed by atoms with Gasteiger partial charge in [-0.3, -0.25) is 9.59 Å². The van der Waals surface area contributed by atoms with Crippen LogP contribution in [0.3, 0.4) is 0 Å². The van der Waals surface area contributed by atoms with E-state index >= 15 is 0 Å². The smallest absolute Gasteiger partial charge is 0.255 e. The van der Waals surface area contributed by atoms with Crippen LogP contribution in [0.4, 0.5) is 5.69 Å². The van der Waals surface area contributed by atoms with Crippen LogP contribution in [0.2, 0.25) is 0 Å². The number of hydrogen-bond acceptors (Lipinski definition) is 3. The topological polar surface area (TPSA) is 61.4 Å². The van der Waals surface area contributed by atoms with Gasteiger partial charge in [0.05, 0.1) is 6.42 Å². The Morgan fingerprint density at radius 2 is 1.56 bits per heavy atom. The Bertz CT molecular complexity index is 1010. The second-order valence-corrected chi connectivity index (χ2v) is 8.68. The summed E-state index contributed by atoms with van der Waals surface area (Å²) in [6.07, 6.45) is 1.22. The molecule has 166 valence electrons. The van der Waals surface area contributed by atoms with Gasteiger partial charge in [-0.25, -0.2) is 0 Å². The number of benzene rings is 3. The maximum Gasteiger partial charge on any atom is 0.255 e. The van der Waals surface area contributed by atoms with Crippen molar-refractivity contribution in [3.05, 3.63) is 100 Å². The molecule has 0 aliphatic heterocycles. The Kier molecular flexibility index (Phi) is 9.01. The van der Waals surface area contributed by atoms with Gasteiger partial charge < -0.3 is 15.5 Å². The first kappa shape index (κ1) is 23.7. The number of hydrogen-bond donors (Lipinski definition) is 2. The number of carbonyl (C=O) groups excluding carboxylic acids is 2. The van der Waals surface area contributed by atoms with Gasteiger partial charge in [0.15, 0.2) is 0 Å². The second kappa shape index (κ2) is 12.2. The summed E-state index contributed by atoms with van der Waals surface area (Å²) in [5, 5.41) is 5.85. The third-order valence-corrected chi connectivity index (χ3v) is 5.55. The largest absolute Gasteiger partial charge is 0.356 e. The van der Waals surface area contributed by atoms with Crippen molar-refractivity contribution >= 4 is 33.4 Å². The first-order valence-corrected chi connectivity index (χ1v) is 11.4. The molecule has 0 aromatic heterocycles. The Balaban J connectivity index is 1.36. The number of nitrogens with zero attached hydrogens (tertiary/aromatic N) is 1. The number of anilines is 1. The van der Waals surface area contributed by atoms with Crippen molar-refractivity contribution in [1.29, 1.82) is 0 Å². The van der Waals surface area contributed by atoms with Crippen LogP contribution in [0.5, 0.6) is 0 Å². The Hall–Kier alpha value is -2.96. The van der Waals surface area contributed by atoms with Crippen molar-refractivity contribution in [3.63, 3.8) is 0 Å². The summed E-state index contributed by atoms with van der Waals surface area (Å²) in [5.74, 6) is -0.164. The molecule has 0 heterocycles. The van der Waals surface area contributed by atoms with Crippen LogP contribution < -0.4 is 10.6 Å².